The molecule has 26 heteroatoms. The Morgan fingerprint density at radius 2 is 1.32 bits per heavy atom. The first-order valence-corrected chi connectivity index (χ1v) is 23.6. The zero-order chi connectivity index (χ0) is 55.3. The average molecular weight is 1060 g/mol. The van der Waals surface area contributed by atoms with E-state index in [0.717, 1.165) is 28.4 Å². The number of anilines is 1. The van der Waals surface area contributed by atoms with Crippen LogP contribution in [-0.2, 0) is 54.5 Å². The molecule has 2 heterocycles. The number of nitrogens with zero attached hydrogens (tertiary/aromatic N) is 2. The number of amides is 6. The Morgan fingerprint density at radius 3 is 1.92 bits per heavy atom. The highest BCUT2D eigenvalue weighted by atomic mass is 32.2. The summed E-state index contributed by atoms with van der Waals surface area (Å²) in [5.41, 5.74) is 3.21. The summed E-state index contributed by atoms with van der Waals surface area (Å²) >= 11 is 1.72. The van der Waals surface area contributed by atoms with Crippen molar-refractivity contribution in [2.24, 2.45) is 5.92 Å². The van der Waals surface area contributed by atoms with Crippen LogP contribution >= 0.6 is 11.8 Å². The standard InChI is InChI=1S/C46H56N8O12S.C2HF3O2/c1-27(2)42(52-44(64)31(18-19-39(57)58)50-45(65)33(26-41(61)62)49-28(3)55)46(66)51-32(25-40(59)60)43(63)48-22-21-47-37(56)16-10-23-54-24-20-29(30-12-5-6-13-34(30)54)11-9-17-38-53(4)35-14-7-8-15-36(35)67-38;3-2(4,5)1(6)7/h5-9,11-15,17,20,24,27,31-33,42H,10,16,18-19,21-23,25-26H2,1-4H3,(H8-,47,48,49,50,51,52,55,56,57,58,59,60,61,62,63,64,65,66);(H,6,7)/t31-,32-,33-,42-;/m1./s1. The normalized spacial score (nSPS) is 14.1. The molecule has 400 valence electrons. The molecule has 0 spiro atoms. The van der Waals surface area contributed by atoms with Gasteiger partial charge in [0, 0.05) is 63.4 Å². The minimum Gasteiger partial charge on any atom is -0.542 e. The molecular formula is C48H57F3N8O14S. The number of alkyl halides is 3. The number of aromatic nitrogens is 1. The van der Waals surface area contributed by atoms with Gasteiger partial charge in [-0.1, -0.05) is 62.0 Å². The number of para-hydroxylation sites is 2. The molecule has 1 aromatic heterocycles. The number of benzene rings is 2. The molecule has 0 saturated heterocycles. The number of carboxylic acid groups (broad SMARTS) is 4. The Bertz CT molecular complexity index is 2610. The third-order valence-corrected chi connectivity index (χ3v) is 11.8. The van der Waals surface area contributed by atoms with Crippen molar-refractivity contribution in [3.05, 3.63) is 83.5 Å². The Morgan fingerprint density at radius 1 is 0.743 bits per heavy atom. The van der Waals surface area contributed by atoms with E-state index >= 15 is 0 Å². The monoisotopic (exact) mass is 1060 g/mol. The quantitative estimate of drug-likeness (QED) is 0.0422. The SMILES string of the molecule is CC(=O)N[C@H](CC(=O)O)C(=O)N[C@H](CCC(=O)O)C(=O)N[C@@H](C(=O)N[C@H](CC(=O)O)C(=O)NCCNC(=O)CCC[n+]1ccc(C=CC=C2Sc3ccccc3N2C)c2ccccc21)C(C)C.O=C([O-])C(F)(F)F. The molecule has 74 heavy (non-hydrogen) atoms. The van der Waals surface area contributed by atoms with E-state index < -0.39 is 115 Å². The second kappa shape index (κ2) is 28.9. The number of thioether (sulfide) groups is 1. The fourth-order valence-corrected chi connectivity index (χ4v) is 8.09. The number of carboxylic acids is 4. The number of rotatable bonds is 25. The molecule has 1 aliphatic heterocycles. The minimum absolute atomic E-state index is 0.00461. The van der Waals surface area contributed by atoms with Crippen LogP contribution in [0.25, 0.3) is 17.0 Å². The first-order valence-electron chi connectivity index (χ1n) is 22.7. The first kappa shape index (κ1) is 60.3. The van der Waals surface area contributed by atoms with E-state index in [9.17, 15) is 71.6 Å². The van der Waals surface area contributed by atoms with Gasteiger partial charge >= 0.3 is 24.1 Å². The number of fused-ring (bicyclic) bond motifs is 2. The number of aliphatic carboxylic acids is 4. The summed E-state index contributed by atoms with van der Waals surface area (Å²) in [6.07, 6.45) is 0.856. The lowest BCUT2D eigenvalue weighted by atomic mass is 10.0. The van der Waals surface area contributed by atoms with Gasteiger partial charge in [-0.2, -0.15) is 17.7 Å². The zero-order valence-electron chi connectivity index (χ0n) is 40.5. The highest BCUT2D eigenvalue weighted by Gasteiger charge is 2.34. The van der Waals surface area contributed by atoms with Crippen molar-refractivity contribution >= 4 is 93.7 Å². The topological polar surface area (TPSA) is 334 Å². The van der Waals surface area contributed by atoms with E-state index in [-0.39, 0.29) is 25.4 Å². The Hall–Kier alpha value is -8.03. The molecule has 9 N–H and O–H groups in total. The lowest BCUT2D eigenvalue weighted by molar-refractivity contribution is -0.671. The van der Waals surface area contributed by atoms with Crippen molar-refractivity contribution in [2.75, 3.05) is 25.0 Å². The number of halogens is 3. The number of carbonyl (C=O) groups excluding carboxylic acids is 7. The van der Waals surface area contributed by atoms with Crippen LogP contribution in [0.1, 0.15) is 64.9 Å². The molecule has 0 fully saturated rings. The highest BCUT2D eigenvalue weighted by Crippen LogP contribution is 2.44. The van der Waals surface area contributed by atoms with Crippen LogP contribution in [-0.4, -0.2) is 125 Å². The summed E-state index contributed by atoms with van der Waals surface area (Å²) in [4.78, 5) is 124. The van der Waals surface area contributed by atoms with Gasteiger partial charge in [-0.15, -0.1) is 0 Å². The van der Waals surface area contributed by atoms with E-state index in [1.165, 1.54) is 24.4 Å². The van der Waals surface area contributed by atoms with Gasteiger partial charge in [0.15, 0.2) is 6.20 Å². The summed E-state index contributed by atoms with van der Waals surface area (Å²) in [6.45, 7) is 4.52. The Kier molecular flexibility index (Phi) is 23.5. The smallest absolute Gasteiger partial charge is 0.430 e. The van der Waals surface area contributed by atoms with E-state index in [0.29, 0.717) is 13.0 Å². The molecule has 4 atom stereocenters. The van der Waals surface area contributed by atoms with Crippen molar-refractivity contribution in [3.63, 3.8) is 0 Å². The van der Waals surface area contributed by atoms with E-state index in [1.807, 2.05) is 61.8 Å². The van der Waals surface area contributed by atoms with Crippen LogP contribution in [0, 0.1) is 5.92 Å². The second-order valence-electron chi connectivity index (χ2n) is 16.7. The predicted molar refractivity (Wildman–Crippen MR) is 258 cm³/mol. The lowest BCUT2D eigenvalue weighted by Gasteiger charge is -2.27. The third-order valence-electron chi connectivity index (χ3n) is 10.6. The number of carbonyl (C=O) groups is 10. The van der Waals surface area contributed by atoms with E-state index in [2.05, 4.69) is 65.7 Å². The third kappa shape index (κ3) is 19.9. The van der Waals surface area contributed by atoms with Crippen molar-refractivity contribution < 1.29 is 86.1 Å². The van der Waals surface area contributed by atoms with Gasteiger partial charge in [0.2, 0.25) is 41.0 Å². The Labute approximate surface area is 426 Å². The molecule has 0 saturated carbocycles. The summed E-state index contributed by atoms with van der Waals surface area (Å²) in [6, 6.07) is 12.0. The summed E-state index contributed by atoms with van der Waals surface area (Å²) in [5.74, 6) is -12.9. The van der Waals surface area contributed by atoms with Crippen LogP contribution in [0.4, 0.5) is 18.9 Å². The molecule has 1 aliphatic rings. The van der Waals surface area contributed by atoms with Crippen molar-refractivity contribution in [1.29, 1.82) is 0 Å². The van der Waals surface area contributed by atoms with Gasteiger partial charge in [0.05, 0.1) is 28.9 Å². The number of allylic oxidation sites excluding steroid dienone is 2. The van der Waals surface area contributed by atoms with Gasteiger partial charge in [-0.25, -0.2) is 0 Å². The fourth-order valence-electron chi connectivity index (χ4n) is 7.03. The van der Waals surface area contributed by atoms with Gasteiger partial charge in [0.1, 0.15) is 36.7 Å². The molecule has 0 bridgehead atoms. The molecule has 6 amide bonds. The van der Waals surface area contributed by atoms with Crippen LogP contribution in [0.2, 0.25) is 0 Å². The number of aryl methyl sites for hydroxylation is 1. The number of hydrogen-bond acceptors (Lipinski definition) is 13. The van der Waals surface area contributed by atoms with Crippen LogP contribution in [0.3, 0.4) is 0 Å². The van der Waals surface area contributed by atoms with Crippen molar-refractivity contribution in [2.45, 2.75) is 101 Å². The molecule has 4 rings (SSSR count). The summed E-state index contributed by atoms with van der Waals surface area (Å²) < 4.78 is 33.6. The van der Waals surface area contributed by atoms with Crippen molar-refractivity contribution in [3.8, 4) is 0 Å². The maximum atomic E-state index is 13.5. The maximum absolute atomic E-state index is 13.5. The fraction of sp³-hybridized carbons (Fsp3) is 0.396. The number of pyridine rings is 1. The minimum atomic E-state index is -5.19. The Balaban J connectivity index is 0.00000192. The van der Waals surface area contributed by atoms with Gasteiger partial charge in [-0.3, -0.25) is 43.2 Å². The summed E-state index contributed by atoms with van der Waals surface area (Å²) in [5, 5.41) is 53.2. The van der Waals surface area contributed by atoms with Gasteiger partial charge < -0.3 is 62.0 Å². The molecule has 3 aromatic rings. The molecule has 22 nitrogen and oxygen atoms in total. The molecule has 0 unspecified atom stereocenters. The van der Waals surface area contributed by atoms with Crippen LogP contribution in [0.5, 0.6) is 0 Å². The molecule has 0 radical (unpaired) electrons. The lowest BCUT2D eigenvalue weighted by Crippen LogP contribution is -2.59. The zero-order valence-corrected chi connectivity index (χ0v) is 41.3. The van der Waals surface area contributed by atoms with Gasteiger partial charge in [-0.05, 0) is 42.2 Å². The largest absolute Gasteiger partial charge is 0.542 e. The molecular weight excluding hydrogens is 1000 g/mol. The van der Waals surface area contributed by atoms with Crippen LogP contribution < -0.4 is 46.5 Å². The molecule has 2 aromatic carbocycles. The predicted octanol–water partition coefficient (Wildman–Crippen LogP) is 0.964. The number of nitrogens with one attached hydrogen (secondary N) is 6. The second-order valence-corrected chi connectivity index (χ2v) is 17.8. The first-order chi connectivity index (χ1) is 34.8. The van der Waals surface area contributed by atoms with Gasteiger partial charge in [0.25, 0.3) is 0 Å². The average Bonchev–Trinajstić information content (AvgIpc) is 3.64. The maximum Gasteiger partial charge on any atom is 0.430 e. The summed E-state index contributed by atoms with van der Waals surface area (Å²) in [7, 11) is 2.05. The highest BCUT2D eigenvalue weighted by molar-refractivity contribution is 8.03. The van der Waals surface area contributed by atoms with Crippen LogP contribution in [0.15, 0.2) is 82.9 Å². The molecule has 0 aliphatic carbocycles. The number of hydrogen-bond donors (Lipinski definition) is 9. The van der Waals surface area contributed by atoms with E-state index in [4.69, 9.17) is 9.90 Å². The van der Waals surface area contributed by atoms with Crippen molar-refractivity contribution in [1.82, 2.24) is 31.9 Å². The van der Waals surface area contributed by atoms with E-state index in [1.54, 1.807) is 11.8 Å².